The molecule has 5 heteroatoms. The van der Waals surface area contributed by atoms with Gasteiger partial charge in [-0.15, -0.1) is 0 Å². The quantitative estimate of drug-likeness (QED) is 0.649. The third-order valence-electron chi connectivity index (χ3n) is 1.57. The Hall–Kier alpha value is -1.00. The smallest absolute Gasteiger partial charge is 0.250 e. The molecule has 0 spiro atoms. The molecule has 0 atom stereocenters. The number of amides is 1. The van der Waals surface area contributed by atoms with Crippen LogP contribution in [0, 0.1) is 0 Å². The molecule has 1 amide bonds. The Morgan fingerprint density at radius 2 is 2.33 bits per heavy atom. The number of hydrogen-bond donors (Lipinski definition) is 1. The van der Waals surface area contributed by atoms with Crippen LogP contribution in [0.4, 0.5) is 0 Å². The van der Waals surface area contributed by atoms with Gasteiger partial charge in [0.25, 0.3) is 0 Å². The number of hydrogen-bond acceptors (Lipinski definition) is 3. The molecule has 15 heavy (non-hydrogen) atoms. The Bertz CT molecular complexity index is 368. The Labute approximate surface area is 97.9 Å². The van der Waals surface area contributed by atoms with Crippen molar-refractivity contribution in [2.24, 2.45) is 5.10 Å². The van der Waals surface area contributed by atoms with Gasteiger partial charge in [-0.2, -0.15) is 16.9 Å². The zero-order valence-electron chi connectivity index (χ0n) is 8.24. The van der Waals surface area contributed by atoms with Crippen LogP contribution in [0.25, 0.3) is 0 Å². The summed E-state index contributed by atoms with van der Waals surface area (Å²) in [7, 11) is 0. The predicted octanol–water partition coefficient (Wildman–Crippen LogP) is 2.15. The Morgan fingerprint density at radius 3 is 3.00 bits per heavy atom. The van der Waals surface area contributed by atoms with E-state index in [0.717, 1.165) is 5.56 Å². The molecule has 80 valence electrons. The molecule has 1 aromatic rings. The molecule has 0 heterocycles. The summed E-state index contributed by atoms with van der Waals surface area (Å²) in [5.74, 6) is 0.283. The van der Waals surface area contributed by atoms with E-state index in [1.165, 1.54) is 18.0 Å². The van der Waals surface area contributed by atoms with E-state index in [2.05, 4.69) is 10.5 Å². The van der Waals surface area contributed by atoms with Crippen molar-refractivity contribution in [3.05, 3.63) is 34.9 Å². The Kier molecular flexibility index (Phi) is 5.21. The largest absolute Gasteiger partial charge is 0.272 e. The van der Waals surface area contributed by atoms with E-state index in [-0.39, 0.29) is 5.91 Å². The first-order chi connectivity index (χ1) is 7.24. The molecule has 0 saturated heterocycles. The van der Waals surface area contributed by atoms with Gasteiger partial charge in [-0.25, -0.2) is 5.43 Å². The molecule has 0 fully saturated rings. The topological polar surface area (TPSA) is 41.5 Å². The summed E-state index contributed by atoms with van der Waals surface area (Å²) in [4.78, 5) is 11.0. The van der Waals surface area contributed by atoms with Crippen molar-refractivity contribution in [3.8, 4) is 0 Å². The van der Waals surface area contributed by atoms with Crippen LogP contribution in [0.3, 0.4) is 0 Å². The molecule has 0 radical (unpaired) electrons. The van der Waals surface area contributed by atoms with Gasteiger partial charge in [-0.05, 0) is 12.3 Å². The Balaban J connectivity index is 2.52. The standard InChI is InChI=1S/C10H11ClN2OS/c1-15-7-10(14)13-12-6-8-4-2-3-5-9(8)11/h2-6H,7H2,1H3,(H,13,14)/b12-6+. The molecule has 3 nitrogen and oxygen atoms in total. The van der Waals surface area contributed by atoms with Crippen molar-refractivity contribution in [3.63, 3.8) is 0 Å². The highest BCUT2D eigenvalue weighted by Gasteiger charge is 1.97. The molecule has 1 N–H and O–H groups in total. The number of rotatable bonds is 4. The fourth-order valence-corrected chi connectivity index (χ4v) is 1.43. The van der Waals surface area contributed by atoms with E-state index in [1.807, 2.05) is 24.5 Å². The highest BCUT2D eigenvalue weighted by Crippen LogP contribution is 2.11. The predicted molar refractivity (Wildman–Crippen MR) is 65.6 cm³/mol. The van der Waals surface area contributed by atoms with Gasteiger partial charge < -0.3 is 0 Å². The van der Waals surface area contributed by atoms with Gasteiger partial charge in [0.15, 0.2) is 0 Å². The van der Waals surface area contributed by atoms with E-state index in [9.17, 15) is 4.79 Å². The lowest BCUT2D eigenvalue weighted by atomic mass is 10.2. The van der Waals surface area contributed by atoms with Crippen molar-refractivity contribution < 1.29 is 4.79 Å². The van der Waals surface area contributed by atoms with Crippen molar-refractivity contribution in [1.29, 1.82) is 0 Å². The third-order valence-corrected chi connectivity index (χ3v) is 2.47. The van der Waals surface area contributed by atoms with Crippen LogP contribution in [0.1, 0.15) is 5.56 Å². The van der Waals surface area contributed by atoms with Crippen LogP contribution in [-0.2, 0) is 4.79 Å². The van der Waals surface area contributed by atoms with Gasteiger partial charge in [0, 0.05) is 10.6 Å². The molecular weight excluding hydrogens is 232 g/mol. The summed E-state index contributed by atoms with van der Waals surface area (Å²) in [6.45, 7) is 0. The monoisotopic (exact) mass is 242 g/mol. The number of nitrogens with zero attached hydrogens (tertiary/aromatic N) is 1. The van der Waals surface area contributed by atoms with Gasteiger partial charge in [0.05, 0.1) is 12.0 Å². The molecule has 1 rings (SSSR count). The number of thioether (sulfide) groups is 1. The minimum Gasteiger partial charge on any atom is -0.272 e. The maximum absolute atomic E-state index is 11.0. The first-order valence-corrected chi connectivity index (χ1v) is 6.06. The third kappa shape index (κ3) is 4.36. The maximum atomic E-state index is 11.0. The second-order valence-corrected chi connectivity index (χ2v) is 4.02. The zero-order valence-corrected chi connectivity index (χ0v) is 9.81. The summed E-state index contributed by atoms with van der Waals surface area (Å²) < 4.78 is 0. The van der Waals surface area contributed by atoms with Crippen molar-refractivity contribution in [1.82, 2.24) is 5.43 Å². The number of halogens is 1. The Morgan fingerprint density at radius 1 is 1.60 bits per heavy atom. The van der Waals surface area contributed by atoms with Crippen LogP contribution in [0.2, 0.25) is 5.02 Å². The summed E-state index contributed by atoms with van der Waals surface area (Å²) >= 11 is 7.34. The van der Waals surface area contributed by atoms with Crippen LogP contribution in [0.5, 0.6) is 0 Å². The molecular formula is C10H11ClN2OS. The minimum atomic E-state index is -0.120. The molecule has 0 bridgehead atoms. The van der Waals surface area contributed by atoms with Gasteiger partial charge >= 0.3 is 0 Å². The second kappa shape index (κ2) is 6.48. The number of carbonyl (C=O) groups excluding carboxylic acids is 1. The lowest BCUT2D eigenvalue weighted by Gasteiger charge is -1.97. The fourth-order valence-electron chi connectivity index (χ4n) is 0.917. The van der Waals surface area contributed by atoms with Gasteiger partial charge in [-0.3, -0.25) is 4.79 Å². The molecule has 0 aromatic heterocycles. The molecule has 0 aliphatic rings. The summed E-state index contributed by atoms with van der Waals surface area (Å²) in [6, 6.07) is 7.29. The van der Waals surface area contributed by atoms with Crippen LogP contribution in [-0.4, -0.2) is 24.1 Å². The number of benzene rings is 1. The normalized spacial score (nSPS) is 10.5. The SMILES string of the molecule is CSCC(=O)N/N=C/c1ccccc1Cl. The lowest BCUT2D eigenvalue weighted by molar-refractivity contribution is -0.118. The van der Waals surface area contributed by atoms with E-state index in [0.29, 0.717) is 10.8 Å². The molecule has 0 saturated carbocycles. The minimum absolute atomic E-state index is 0.120. The van der Waals surface area contributed by atoms with Gasteiger partial charge in [0.2, 0.25) is 5.91 Å². The van der Waals surface area contributed by atoms with Gasteiger partial charge in [0.1, 0.15) is 0 Å². The number of carbonyl (C=O) groups is 1. The highest BCUT2D eigenvalue weighted by atomic mass is 35.5. The van der Waals surface area contributed by atoms with E-state index in [4.69, 9.17) is 11.6 Å². The van der Waals surface area contributed by atoms with E-state index in [1.54, 1.807) is 6.07 Å². The van der Waals surface area contributed by atoms with E-state index >= 15 is 0 Å². The molecule has 1 aromatic carbocycles. The average Bonchev–Trinajstić information content (AvgIpc) is 2.21. The van der Waals surface area contributed by atoms with Gasteiger partial charge in [-0.1, -0.05) is 29.8 Å². The van der Waals surface area contributed by atoms with Crippen molar-refractivity contribution in [2.75, 3.05) is 12.0 Å². The van der Waals surface area contributed by atoms with Crippen LogP contribution >= 0.6 is 23.4 Å². The molecule has 0 aliphatic carbocycles. The average molecular weight is 243 g/mol. The summed E-state index contributed by atoms with van der Waals surface area (Å²) in [5.41, 5.74) is 3.19. The summed E-state index contributed by atoms with van der Waals surface area (Å²) in [6.07, 6.45) is 3.39. The summed E-state index contributed by atoms with van der Waals surface area (Å²) in [5, 5.41) is 4.41. The lowest BCUT2D eigenvalue weighted by Crippen LogP contribution is -2.19. The first-order valence-electron chi connectivity index (χ1n) is 4.29. The molecule has 0 aliphatic heterocycles. The molecule has 0 unspecified atom stereocenters. The van der Waals surface area contributed by atoms with Crippen LogP contribution < -0.4 is 5.43 Å². The van der Waals surface area contributed by atoms with Crippen molar-refractivity contribution in [2.45, 2.75) is 0 Å². The van der Waals surface area contributed by atoms with E-state index < -0.39 is 0 Å². The first kappa shape index (κ1) is 12.1. The highest BCUT2D eigenvalue weighted by molar-refractivity contribution is 7.99. The zero-order chi connectivity index (χ0) is 11.1. The maximum Gasteiger partial charge on any atom is 0.250 e. The second-order valence-electron chi connectivity index (χ2n) is 2.75. The van der Waals surface area contributed by atoms with Crippen LogP contribution in [0.15, 0.2) is 29.4 Å². The number of nitrogens with one attached hydrogen (secondary N) is 1. The van der Waals surface area contributed by atoms with Crippen molar-refractivity contribution >= 4 is 35.5 Å². The number of hydrazone groups is 1. The fraction of sp³-hybridized carbons (Fsp3) is 0.200.